The van der Waals surface area contributed by atoms with Gasteiger partial charge in [0, 0.05) is 38.2 Å². The zero-order chi connectivity index (χ0) is 25.9. The minimum Gasteiger partial charge on any atom is -0.456 e. The summed E-state index contributed by atoms with van der Waals surface area (Å²) in [5.74, 6) is 1.68. The van der Waals surface area contributed by atoms with Crippen LogP contribution in [0, 0.1) is 0 Å². The summed E-state index contributed by atoms with van der Waals surface area (Å²) in [5.41, 5.74) is 5.57. The lowest BCUT2D eigenvalue weighted by molar-refractivity contribution is 0.668. The van der Waals surface area contributed by atoms with E-state index in [1.807, 2.05) is 103 Å². The molecule has 0 saturated carbocycles. The van der Waals surface area contributed by atoms with Gasteiger partial charge in [-0.15, -0.1) is 0 Å². The number of benzene rings is 5. The minimum atomic E-state index is 0.539. The monoisotopic (exact) mass is 523 g/mol. The third-order valence-electron chi connectivity index (χ3n) is 7.03. The first-order valence-electron chi connectivity index (χ1n) is 12.6. The fraction of sp³-hybridized carbons (Fsp3) is 0. The normalized spacial score (nSPS) is 11.7. The highest BCUT2D eigenvalue weighted by atomic mass is 35.5. The van der Waals surface area contributed by atoms with E-state index in [2.05, 4.69) is 6.07 Å². The van der Waals surface area contributed by atoms with Crippen LogP contribution in [0.2, 0.25) is 5.02 Å². The van der Waals surface area contributed by atoms with Gasteiger partial charge in [0.25, 0.3) is 0 Å². The summed E-state index contributed by atoms with van der Waals surface area (Å²) in [5, 5.41) is 4.36. The molecule has 3 heterocycles. The number of hydrogen-bond donors (Lipinski definition) is 0. The molecule has 184 valence electrons. The van der Waals surface area contributed by atoms with E-state index in [1.165, 1.54) is 0 Å². The zero-order valence-electron chi connectivity index (χ0n) is 20.4. The van der Waals surface area contributed by atoms with Crippen LogP contribution in [0.1, 0.15) is 0 Å². The van der Waals surface area contributed by atoms with Crippen LogP contribution in [-0.4, -0.2) is 15.0 Å². The first-order chi connectivity index (χ1) is 19.2. The Bertz CT molecular complexity index is 2200. The predicted octanol–water partition coefficient (Wildman–Crippen LogP) is 9.32. The van der Waals surface area contributed by atoms with Crippen LogP contribution in [0.3, 0.4) is 0 Å². The Morgan fingerprint density at radius 1 is 0.462 bits per heavy atom. The number of furan rings is 2. The van der Waals surface area contributed by atoms with Gasteiger partial charge in [-0.25, -0.2) is 15.0 Å². The lowest BCUT2D eigenvalue weighted by Crippen LogP contribution is -2.00. The van der Waals surface area contributed by atoms with Crippen molar-refractivity contribution >= 4 is 55.5 Å². The lowest BCUT2D eigenvalue weighted by atomic mass is 10.0. The highest BCUT2D eigenvalue weighted by molar-refractivity contribution is 6.36. The largest absolute Gasteiger partial charge is 0.456 e. The number of hydrogen-bond acceptors (Lipinski definition) is 5. The van der Waals surface area contributed by atoms with E-state index in [9.17, 15) is 0 Å². The maximum atomic E-state index is 6.59. The molecule has 3 aromatic heterocycles. The van der Waals surface area contributed by atoms with Gasteiger partial charge in [-0.2, -0.15) is 0 Å². The van der Waals surface area contributed by atoms with Crippen molar-refractivity contribution in [3.8, 4) is 34.2 Å². The molecule has 0 bridgehead atoms. The number of rotatable bonds is 3. The number of nitrogens with zero attached hydrogens (tertiary/aromatic N) is 3. The summed E-state index contributed by atoms with van der Waals surface area (Å²) in [6.45, 7) is 0. The summed E-state index contributed by atoms with van der Waals surface area (Å²) in [6.07, 6.45) is 0. The topological polar surface area (TPSA) is 65.0 Å². The summed E-state index contributed by atoms with van der Waals surface area (Å²) in [4.78, 5) is 15.0. The van der Waals surface area contributed by atoms with Gasteiger partial charge < -0.3 is 8.83 Å². The second-order valence-corrected chi connectivity index (χ2v) is 9.75. The molecule has 0 saturated heterocycles. The fourth-order valence-electron chi connectivity index (χ4n) is 5.28. The second-order valence-electron chi connectivity index (χ2n) is 9.35. The summed E-state index contributed by atoms with van der Waals surface area (Å²) >= 11 is 6.59. The second kappa shape index (κ2) is 8.51. The SMILES string of the molecule is Clc1ccc(-c2nc(-c3ccccc3)nc(-c3cccc4oc5ccccc5c34)n2)c2c1oc1ccccc12. The highest BCUT2D eigenvalue weighted by Gasteiger charge is 2.21. The van der Waals surface area contributed by atoms with Gasteiger partial charge in [0.15, 0.2) is 23.1 Å². The van der Waals surface area contributed by atoms with Crippen molar-refractivity contribution in [3.63, 3.8) is 0 Å². The molecule has 0 atom stereocenters. The van der Waals surface area contributed by atoms with E-state index in [4.69, 9.17) is 35.4 Å². The van der Waals surface area contributed by atoms with Crippen LogP contribution >= 0.6 is 11.6 Å². The van der Waals surface area contributed by atoms with Crippen molar-refractivity contribution in [2.75, 3.05) is 0 Å². The van der Waals surface area contributed by atoms with Crippen LogP contribution in [0.25, 0.3) is 78.0 Å². The molecule has 0 fully saturated rings. The molecule has 0 aliphatic rings. The number of halogens is 1. The van der Waals surface area contributed by atoms with Crippen molar-refractivity contribution in [3.05, 3.63) is 114 Å². The first-order valence-corrected chi connectivity index (χ1v) is 12.9. The zero-order valence-corrected chi connectivity index (χ0v) is 21.2. The molecule has 0 N–H and O–H groups in total. The van der Waals surface area contributed by atoms with Gasteiger partial charge in [-0.05, 0) is 30.3 Å². The third-order valence-corrected chi connectivity index (χ3v) is 7.33. The molecule has 0 aliphatic carbocycles. The average molecular weight is 524 g/mol. The van der Waals surface area contributed by atoms with E-state index in [0.717, 1.165) is 55.0 Å². The number of aromatic nitrogens is 3. The van der Waals surface area contributed by atoms with Gasteiger partial charge in [-0.3, -0.25) is 0 Å². The van der Waals surface area contributed by atoms with Gasteiger partial charge in [0.2, 0.25) is 0 Å². The van der Waals surface area contributed by atoms with E-state index >= 15 is 0 Å². The molecular weight excluding hydrogens is 506 g/mol. The van der Waals surface area contributed by atoms with Crippen molar-refractivity contribution in [2.24, 2.45) is 0 Å². The molecule has 0 spiro atoms. The summed E-state index contributed by atoms with van der Waals surface area (Å²) < 4.78 is 12.3. The quantitative estimate of drug-likeness (QED) is 0.231. The maximum absolute atomic E-state index is 6.59. The summed E-state index contributed by atoms with van der Waals surface area (Å²) in [7, 11) is 0. The van der Waals surface area contributed by atoms with E-state index in [-0.39, 0.29) is 0 Å². The van der Waals surface area contributed by atoms with Gasteiger partial charge in [-0.1, -0.05) is 90.5 Å². The predicted molar refractivity (Wildman–Crippen MR) is 156 cm³/mol. The average Bonchev–Trinajstić information content (AvgIpc) is 3.57. The van der Waals surface area contributed by atoms with Crippen LogP contribution < -0.4 is 0 Å². The molecule has 5 nitrogen and oxygen atoms in total. The van der Waals surface area contributed by atoms with Crippen LogP contribution in [0.15, 0.2) is 118 Å². The van der Waals surface area contributed by atoms with Crippen LogP contribution in [0.4, 0.5) is 0 Å². The van der Waals surface area contributed by atoms with Crippen LogP contribution in [-0.2, 0) is 0 Å². The van der Waals surface area contributed by atoms with Gasteiger partial charge in [0.05, 0.1) is 5.02 Å². The standard InChI is InChI=1S/C33H18ClN3O2/c34-24-18-17-23(29-21-12-5-7-15-26(21)39-30(24)29)33-36-31(19-9-2-1-3-10-19)35-32(37-33)22-13-8-16-27-28(22)20-11-4-6-14-25(20)38-27/h1-18H. The number of para-hydroxylation sites is 2. The first kappa shape index (κ1) is 22.0. The minimum absolute atomic E-state index is 0.539. The Morgan fingerprint density at radius 3 is 1.82 bits per heavy atom. The maximum Gasteiger partial charge on any atom is 0.164 e. The molecular formula is C33H18ClN3O2. The lowest BCUT2D eigenvalue weighted by Gasteiger charge is -2.10. The molecule has 39 heavy (non-hydrogen) atoms. The van der Waals surface area contributed by atoms with Gasteiger partial charge in [0.1, 0.15) is 16.7 Å². The molecule has 0 amide bonds. The highest BCUT2D eigenvalue weighted by Crippen LogP contribution is 2.41. The molecule has 0 radical (unpaired) electrons. The number of fused-ring (bicyclic) bond motifs is 6. The van der Waals surface area contributed by atoms with Crippen molar-refractivity contribution < 1.29 is 8.83 Å². The van der Waals surface area contributed by atoms with E-state index in [0.29, 0.717) is 28.1 Å². The van der Waals surface area contributed by atoms with E-state index < -0.39 is 0 Å². The Labute approximate surface area is 227 Å². The smallest absolute Gasteiger partial charge is 0.164 e. The Morgan fingerprint density at radius 2 is 1.05 bits per heavy atom. The third kappa shape index (κ3) is 3.44. The van der Waals surface area contributed by atoms with E-state index in [1.54, 1.807) is 0 Å². The van der Waals surface area contributed by atoms with Crippen molar-refractivity contribution in [2.45, 2.75) is 0 Å². The molecule has 0 unspecified atom stereocenters. The Kier molecular flexibility index (Phi) is 4.81. The Hall–Kier alpha value is -5.00. The van der Waals surface area contributed by atoms with Crippen molar-refractivity contribution in [1.29, 1.82) is 0 Å². The van der Waals surface area contributed by atoms with Gasteiger partial charge >= 0.3 is 0 Å². The summed E-state index contributed by atoms with van der Waals surface area (Å²) in [6, 6.07) is 35.6. The molecule has 5 aromatic carbocycles. The fourth-order valence-corrected chi connectivity index (χ4v) is 5.47. The van der Waals surface area contributed by atoms with Crippen LogP contribution in [0.5, 0.6) is 0 Å². The Balaban J connectivity index is 1.46. The molecule has 8 aromatic rings. The molecule has 0 aliphatic heterocycles. The van der Waals surface area contributed by atoms with Crippen molar-refractivity contribution in [1.82, 2.24) is 15.0 Å². The molecule has 8 rings (SSSR count). The molecule has 6 heteroatoms.